The molecule has 0 heterocycles. The van der Waals surface area contributed by atoms with E-state index >= 15 is 0 Å². The van der Waals surface area contributed by atoms with Gasteiger partial charge >= 0.3 is 0 Å². The van der Waals surface area contributed by atoms with Gasteiger partial charge in [0.2, 0.25) is 0 Å². The number of rotatable bonds is 5. The van der Waals surface area contributed by atoms with Gasteiger partial charge in [-0.05, 0) is 43.9 Å². The molecule has 0 saturated heterocycles. The van der Waals surface area contributed by atoms with Crippen LogP contribution in [0.3, 0.4) is 0 Å². The minimum absolute atomic E-state index is 0. The summed E-state index contributed by atoms with van der Waals surface area (Å²) in [4.78, 5) is 0. The van der Waals surface area contributed by atoms with E-state index in [2.05, 4.69) is 39.8 Å². The molecule has 0 spiro atoms. The molecular formula is C15H26ClNO. The first kappa shape index (κ1) is 17.4. The molecule has 0 saturated carbocycles. The van der Waals surface area contributed by atoms with Gasteiger partial charge in [-0.25, -0.2) is 0 Å². The average Bonchev–Trinajstić information content (AvgIpc) is 2.24. The highest BCUT2D eigenvalue weighted by Crippen LogP contribution is 2.26. The molecule has 0 unspecified atom stereocenters. The zero-order valence-electron chi connectivity index (χ0n) is 11.9. The highest BCUT2D eigenvalue weighted by molar-refractivity contribution is 5.85. The number of halogens is 1. The van der Waals surface area contributed by atoms with Gasteiger partial charge in [0.05, 0.1) is 12.1 Å². The number of aryl methyl sites for hydroxylation is 3. The Morgan fingerprint density at radius 1 is 1.17 bits per heavy atom. The molecule has 0 bridgehead atoms. The predicted molar refractivity (Wildman–Crippen MR) is 80.4 cm³/mol. The van der Waals surface area contributed by atoms with Crippen LogP contribution in [0.5, 0.6) is 0 Å². The zero-order chi connectivity index (χ0) is 13.0. The minimum Gasteiger partial charge on any atom is -0.391 e. The van der Waals surface area contributed by atoms with E-state index in [4.69, 9.17) is 5.73 Å². The highest BCUT2D eigenvalue weighted by Gasteiger charge is 2.19. The van der Waals surface area contributed by atoms with Crippen molar-refractivity contribution in [1.29, 1.82) is 0 Å². The van der Waals surface area contributed by atoms with Crippen molar-refractivity contribution in [2.75, 3.05) is 0 Å². The lowest BCUT2D eigenvalue weighted by Crippen LogP contribution is -2.27. The lowest BCUT2D eigenvalue weighted by molar-refractivity contribution is 0.132. The van der Waals surface area contributed by atoms with Crippen molar-refractivity contribution in [2.45, 2.75) is 59.1 Å². The predicted octanol–water partition coefficient (Wildman–Crippen LogP) is 3.58. The summed E-state index contributed by atoms with van der Waals surface area (Å²) >= 11 is 0. The summed E-state index contributed by atoms with van der Waals surface area (Å²) in [5.41, 5.74) is 10.9. The summed E-state index contributed by atoms with van der Waals surface area (Å²) < 4.78 is 0. The van der Waals surface area contributed by atoms with Crippen LogP contribution in [0.2, 0.25) is 0 Å². The van der Waals surface area contributed by atoms with Crippen LogP contribution in [0.1, 0.15) is 54.5 Å². The summed E-state index contributed by atoms with van der Waals surface area (Å²) in [5, 5.41) is 10.1. The van der Waals surface area contributed by atoms with E-state index in [1.165, 1.54) is 16.7 Å². The van der Waals surface area contributed by atoms with Crippen molar-refractivity contribution < 1.29 is 5.11 Å². The first-order valence-corrected chi connectivity index (χ1v) is 6.48. The summed E-state index contributed by atoms with van der Waals surface area (Å²) in [6, 6.07) is 4.01. The molecule has 1 aromatic carbocycles. The smallest absolute Gasteiger partial charge is 0.0733 e. The summed E-state index contributed by atoms with van der Waals surface area (Å²) in [5.74, 6) is 0. The van der Waals surface area contributed by atoms with E-state index < -0.39 is 6.10 Å². The molecule has 3 N–H and O–H groups in total. The number of aliphatic hydroxyl groups excluding tert-OH is 1. The van der Waals surface area contributed by atoms with Crippen LogP contribution >= 0.6 is 12.4 Å². The first-order valence-electron chi connectivity index (χ1n) is 6.48. The lowest BCUT2D eigenvalue weighted by Gasteiger charge is -2.23. The number of aliphatic hydroxyl groups is 1. The van der Waals surface area contributed by atoms with Gasteiger partial charge in [-0.2, -0.15) is 0 Å². The number of benzene rings is 1. The van der Waals surface area contributed by atoms with Crippen LogP contribution in [0.15, 0.2) is 12.1 Å². The second kappa shape index (κ2) is 7.78. The maximum Gasteiger partial charge on any atom is 0.0733 e. The fourth-order valence-electron chi connectivity index (χ4n) is 2.50. The van der Waals surface area contributed by atoms with Crippen molar-refractivity contribution in [3.05, 3.63) is 34.4 Å². The number of nitrogens with two attached hydrogens (primary N) is 1. The second-order valence-corrected chi connectivity index (χ2v) is 5.05. The third kappa shape index (κ3) is 4.27. The Labute approximate surface area is 117 Å². The average molecular weight is 272 g/mol. The molecule has 0 fully saturated rings. The Kier molecular flexibility index (Phi) is 7.53. The van der Waals surface area contributed by atoms with Gasteiger partial charge < -0.3 is 10.8 Å². The Morgan fingerprint density at radius 3 is 2.11 bits per heavy atom. The third-order valence-corrected chi connectivity index (χ3v) is 3.34. The Hall–Kier alpha value is -0.570. The maximum absolute atomic E-state index is 10.1. The molecule has 0 aliphatic rings. The SMILES string of the molecule is CCCC[C@H](O)[C@H](N)c1c(C)cc(C)cc1C.Cl. The molecule has 3 heteroatoms. The highest BCUT2D eigenvalue weighted by atomic mass is 35.5. The van der Waals surface area contributed by atoms with Gasteiger partial charge in [-0.15, -0.1) is 12.4 Å². The van der Waals surface area contributed by atoms with Gasteiger partial charge in [0, 0.05) is 0 Å². The summed E-state index contributed by atoms with van der Waals surface area (Å²) in [7, 11) is 0. The molecule has 0 amide bonds. The number of unbranched alkanes of at least 4 members (excludes halogenated alkanes) is 1. The quantitative estimate of drug-likeness (QED) is 0.860. The second-order valence-electron chi connectivity index (χ2n) is 5.05. The lowest BCUT2D eigenvalue weighted by atomic mass is 9.90. The molecule has 104 valence electrons. The minimum atomic E-state index is -0.435. The van der Waals surface area contributed by atoms with Gasteiger partial charge in [-0.3, -0.25) is 0 Å². The largest absolute Gasteiger partial charge is 0.391 e. The first-order chi connectivity index (χ1) is 7.97. The molecule has 1 rings (SSSR count). The third-order valence-electron chi connectivity index (χ3n) is 3.34. The molecule has 1 aromatic rings. The molecular weight excluding hydrogens is 246 g/mol. The summed E-state index contributed by atoms with van der Waals surface area (Å²) in [6.07, 6.45) is 2.47. The van der Waals surface area contributed by atoms with E-state index in [-0.39, 0.29) is 18.4 Å². The molecule has 0 aromatic heterocycles. The Bertz CT molecular complexity index is 356. The molecule has 18 heavy (non-hydrogen) atoms. The zero-order valence-corrected chi connectivity index (χ0v) is 12.7. The van der Waals surface area contributed by atoms with E-state index in [1.54, 1.807) is 0 Å². The molecule has 0 aliphatic carbocycles. The van der Waals surface area contributed by atoms with Gasteiger partial charge in [0.1, 0.15) is 0 Å². The van der Waals surface area contributed by atoms with E-state index in [0.717, 1.165) is 24.8 Å². The fraction of sp³-hybridized carbons (Fsp3) is 0.600. The van der Waals surface area contributed by atoms with Crippen molar-refractivity contribution in [3.8, 4) is 0 Å². The van der Waals surface area contributed by atoms with Crippen molar-refractivity contribution >= 4 is 12.4 Å². The topological polar surface area (TPSA) is 46.2 Å². The Morgan fingerprint density at radius 2 is 1.67 bits per heavy atom. The van der Waals surface area contributed by atoms with Gasteiger partial charge in [0.25, 0.3) is 0 Å². The van der Waals surface area contributed by atoms with Crippen LogP contribution in [-0.4, -0.2) is 11.2 Å². The molecule has 2 nitrogen and oxygen atoms in total. The van der Waals surface area contributed by atoms with Crippen LogP contribution < -0.4 is 5.73 Å². The fourth-order valence-corrected chi connectivity index (χ4v) is 2.50. The molecule has 0 aliphatic heterocycles. The molecule has 0 radical (unpaired) electrons. The van der Waals surface area contributed by atoms with Crippen LogP contribution in [0.25, 0.3) is 0 Å². The normalized spacial score (nSPS) is 13.9. The standard InChI is InChI=1S/C15H25NO.ClH/c1-5-6-7-13(17)15(16)14-11(3)8-10(2)9-12(14)4;/h8-9,13,15,17H,5-7,16H2,1-4H3;1H/t13-,15-;/m0./s1. The van der Waals surface area contributed by atoms with Gasteiger partial charge in [0.15, 0.2) is 0 Å². The van der Waals surface area contributed by atoms with Crippen LogP contribution in [0.4, 0.5) is 0 Å². The maximum atomic E-state index is 10.1. The number of hydrogen-bond donors (Lipinski definition) is 2. The van der Waals surface area contributed by atoms with Crippen molar-refractivity contribution in [2.24, 2.45) is 5.73 Å². The monoisotopic (exact) mass is 271 g/mol. The van der Waals surface area contributed by atoms with E-state index in [0.29, 0.717) is 0 Å². The van der Waals surface area contributed by atoms with Crippen LogP contribution in [0, 0.1) is 20.8 Å². The van der Waals surface area contributed by atoms with Crippen molar-refractivity contribution in [3.63, 3.8) is 0 Å². The van der Waals surface area contributed by atoms with Crippen molar-refractivity contribution in [1.82, 2.24) is 0 Å². The van der Waals surface area contributed by atoms with Crippen LogP contribution in [-0.2, 0) is 0 Å². The Balaban J connectivity index is 0.00000289. The molecule has 2 atom stereocenters. The van der Waals surface area contributed by atoms with E-state index in [9.17, 15) is 5.11 Å². The number of hydrogen-bond acceptors (Lipinski definition) is 2. The van der Waals surface area contributed by atoms with Gasteiger partial charge in [-0.1, -0.05) is 37.5 Å². The summed E-state index contributed by atoms with van der Waals surface area (Å²) in [6.45, 7) is 8.35. The van der Waals surface area contributed by atoms with E-state index in [1.807, 2.05) is 0 Å².